The molecule has 0 bridgehead atoms. The Labute approximate surface area is 163 Å². The molecule has 2 aromatic rings. The summed E-state index contributed by atoms with van der Waals surface area (Å²) in [7, 11) is 0. The monoisotopic (exact) mass is 364 g/mol. The van der Waals surface area contributed by atoms with Crippen LogP contribution < -0.4 is 10.2 Å². The van der Waals surface area contributed by atoms with Gasteiger partial charge in [-0.1, -0.05) is 42.8 Å². The third-order valence-electron chi connectivity index (χ3n) is 5.65. The third-order valence-corrected chi connectivity index (χ3v) is 5.65. The molecule has 1 saturated heterocycles. The van der Waals surface area contributed by atoms with Crippen molar-refractivity contribution in [2.45, 2.75) is 53.0 Å². The summed E-state index contributed by atoms with van der Waals surface area (Å²) in [5, 5.41) is 3.14. The van der Waals surface area contributed by atoms with E-state index >= 15 is 0 Å². The van der Waals surface area contributed by atoms with Crippen LogP contribution >= 0.6 is 0 Å². The molecule has 1 fully saturated rings. The number of carbonyl (C=O) groups is 1. The molecule has 3 nitrogen and oxygen atoms in total. The van der Waals surface area contributed by atoms with Crippen LogP contribution in [0.1, 0.15) is 55.0 Å². The second kappa shape index (κ2) is 8.60. The third kappa shape index (κ3) is 5.12. The number of nitrogens with one attached hydrogen (secondary N) is 1. The number of hydrogen-bond acceptors (Lipinski definition) is 2. The molecular weight excluding hydrogens is 332 g/mol. The second-order valence-corrected chi connectivity index (χ2v) is 8.18. The van der Waals surface area contributed by atoms with E-state index in [0.29, 0.717) is 6.42 Å². The number of carbonyl (C=O) groups excluding carboxylic acids is 1. The zero-order chi connectivity index (χ0) is 19.4. The molecule has 3 heteroatoms. The molecular formula is C24H32N2O. The van der Waals surface area contributed by atoms with Gasteiger partial charge in [-0.15, -0.1) is 0 Å². The average Bonchev–Trinajstić information content (AvgIpc) is 2.65. The summed E-state index contributed by atoms with van der Waals surface area (Å²) in [4.78, 5) is 15.0. The van der Waals surface area contributed by atoms with Gasteiger partial charge in [-0.25, -0.2) is 0 Å². The number of nitrogens with zero attached hydrogens (tertiary/aromatic N) is 1. The molecule has 2 atom stereocenters. The topological polar surface area (TPSA) is 32.3 Å². The highest BCUT2D eigenvalue weighted by Crippen LogP contribution is 2.24. The van der Waals surface area contributed by atoms with Crippen molar-refractivity contribution in [3.05, 3.63) is 64.7 Å². The van der Waals surface area contributed by atoms with Crippen molar-refractivity contribution in [3.8, 4) is 0 Å². The fraction of sp³-hybridized carbons (Fsp3) is 0.458. The molecule has 1 N–H and O–H groups in total. The Hall–Kier alpha value is -2.29. The number of aryl methyl sites for hydroxylation is 2. The van der Waals surface area contributed by atoms with Gasteiger partial charge >= 0.3 is 0 Å². The predicted octanol–water partition coefficient (Wildman–Crippen LogP) is 4.96. The first-order valence-electron chi connectivity index (χ1n) is 10.1. The highest BCUT2D eigenvalue weighted by Gasteiger charge is 2.17. The molecule has 0 saturated carbocycles. The SMILES string of the molecule is Cc1ccc(C)c(CC(=O)N[C@@H](C)c2ccc(N3CCC[C@@H](C)C3)cc2)c1. The van der Waals surface area contributed by atoms with E-state index in [-0.39, 0.29) is 11.9 Å². The Kier molecular flexibility index (Phi) is 6.20. The fourth-order valence-corrected chi connectivity index (χ4v) is 3.94. The van der Waals surface area contributed by atoms with Gasteiger partial charge < -0.3 is 10.2 Å². The maximum absolute atomic E-state index is 12.5. The highest BCUT2D eigenvalue weighted by molar-refractivity contribution is 5.79. The highest BCUT2D eigenvalue weighted by atomic mass is 16.1. The first-order valence-corrected chi connectivity index (χ1v) is 10.1. The van der Waals surface area contributed by atoms with E-state index in [9.17, 15) is 4.79 Å². The minimum Gasteiger partial charge on any atom is -0.371 e. The summed E-state index contributed by atoms with van der Waals surface area (Å²) in [5.41, 5.74) is 5.91. The summed E-state index contributed by atoms with van der Waals surface area (Å²) < 4.78 is 0. The van der Waals surface area contributed by atoms with Crippen molar-refractivity contribution in [1.82, 2.24) is 5.32 Å². The Morgan fingerprint density at radius 1 is 1.19 bits per heavy atom. The van der Waals surface area contributed by atoms with Crippen LogP contribution in [0.2, 0.25) is 0 Å². The van der Waals surface area contributed by atoms with E-state index in [0.717, 1.165) is 30.1 Å². The number of amides is 1. The van der Waals surface area contributed by atoms with Crippen LogP contribution in [-0.2, 0) is 11.2 Å². The standard InChI is InChI=1S/C24H32N2O/c1-17-7-8-19(3)22(14-17)15-24(27)25-20(4)21-9-11-23(12-10-21)26-13-5-6-18(2)16-26/h7-12,14,18,20H,5-6,13,15-16H2,1-4H3,(H,25,27)/t18-,20+/m1/s1. The van der Waals surface area contributed by atoms with Crippen LogP contribution in [-0.4, -0.2) is 19.0 Å². The van der Waals surface area contributed by atoms with Crippen molar-refractivity contribution < 1.29 is 4.79 Å². The predicted molar refractivity (Wildman–Crippen MR) is 113 cm³/mol. The summed E-state index contributed by atoms with van der Waals surface area (Å²) in [6.07, 6.45) is 3.04. The minimum absolute atomic E-state index is 0.0111. The molecule has 1 aliphatic rings. The van der Waals surface area contributed by atoms with Gasteiger partial charge in [0, 0.05) is 18.8 Å². The van der Waals surface area contributed by atoms with E-state index in [1.807, 2.05) is 0 Å². The molecule has 27 heavy (non-hydrogen) atoms. The van der Waals surface area contributed by atoms with Crippen molar-refractivity contribution in [1.29, 1.82) is 0 Å². The van der Waals surface area contributed by atoms with Crippen molar-refractivity contribution in [2.24, 2.45) is 5.92 Å². The lowest BCUT2D eigenvalue weighted by Gasteiger charge is -2.33. The smallest absolute Gasteiger partial charge is 0.224 e. The quantitative estimate of drug-likeness (QED) is 0.813. The number of benzene rings is 2. The second-order valence-electron chi connectivity index (χ2n) is 8.18. The van der Waals surface area contributed by atoms with Crippen LogP contribution in [0.4, 0.5) is 5.69 Å². The van der Waals surface area contributed by atoms with Gasteiger partial charge in [0.1, 0.15) is 0 Å². The first kappa shape index (κ1) is 19.5. The van der Waals surface area contributed by atoms with Crippen LogP contribution in [0.25, 0.3) is 0 Å². The molecule has 3 rings (SSSR count). The van der Waals surface area contributed by atoms with Crippen molar-refractivity contribution in [2.75, 3.05) is 18.0 Å². The molecule has 1 heterocycles. The Bertz CT molecular complexity index is 781. The van der Waals surface area contributed by atoms with E-state index in [2.05, 4.69) is 80.4 Å². The normalized spacial score (nSPS) is 18.2. The van der Waals surface area contributed by atoms with Gasteiger partial charge in [0.15, 0.2) is 0 Å². The number of anilines is 1. The zero-order valence-corrected chi connectivity index (χ0v) is 17.1. The molecule has 1 amide bonds. The molecule has 0 aromatic heterocycles. The molecule has 0 unspecified atom stereocenters. The lowest BCUT2D eigenvalue weighted by Crippen LogP contribution is -2.34. The largest absolute Gasteiger partial charge is 0.371 e. The number of hydrogen-bond donors (Lipinski definition) is 1. The van der Waals surface area contributed by atoms with E-state index in [4.69, 9.17) is 0 Å². The Morgan fingerprint density at radius 2 is 1.93 bits per heavy atom. The van der Waals surface area contributed by atoms with E-state index < -0.39 is 0 Å². The summed E-state index contributed by atoms with van der Waals surface area (Å²) in [6.45, 7) is 10.8. The molecule has 144 valence electrons. The van der Waals surface area contributed by atoms with Gasteiger partial charge in [0.2, 0.25) is 5.91 Å². The Morgan fingerprint density at radius 3 is 2.63 bits per heavy atom. The molecule has 2 aromatic carbocycles. The van der Waals surface area contributed by atoms with E-state index in [1.54, 1.807) is 0 Å². The van der Waals surface area contributed by atoms with Crippen molar-refractivity contribution in [3.63, 3.8) is 0 Å². The summed E-state index contributed by atoms with van der Waals surface area (Å²) in [5.74, 6) is 0.840. The van der Waals surface area contributed by atoms with Gasteiger partial charge in [0.25, 0.3) is 0 Å². The number of rotatable bonds is 5. The maximum Gasteiger partial charge on any atom is 0.224 e. The molecule has 1 aliphatic heterocycles. The lowest BCUT2D eigenvalue weighted by atomic mass is 9.99. The van der Waals surface area contributed by atoms with Crippen LogP contribution in [0.15, 0.2) is 42.5 Å². The van der Waals surface area contributed by atoms with E-state index in [1.165, 1.54) is 29.7 Å². The minimum atomic E-state index is 0.0111. The van der Waals surface area contributed by atoms with Gasteiger partial charge in [0.05, 0.1) is 12.5 Å². The maximum atomic E-state index is 12.5. The lowest BCUT2D eigenvalue weighted by molar-refractivity contribution is -0.121. The van der Waals surface area contributed by atoms with Gasteiger partial charge in [-0.05, 0) is 68.4 Å². The molecule has 0 radical (unpaired) electrons. The number of piperidine rings is 1. The molecule has 0 aliphatic carbocycles. The Balaban J connectivity index is 1.59. The zero-order valence-electron chi connectivity index (χ0n) is 17.1. The average molecular weight is 365 g/mol. The summed E-state index contributed by atoms with van der Waals surface area (Å²) >= 11 is 0. The van der Waals surface area contributed by atoms with Gasteiger partial charge in [-0.2, -0.15) is 0 Å². The van der Waals surface area contributed by atoms with Crippen LogP contribution in [0, 0.1) is 19.8 Å². The summed E-state index contributed by atoms with van der Waals surface area (Å²) in [6, 6.07) is 15.0. The van der Waals surface area contributed by atoms with Crippen molar-refractivity contribution >= 4 is 11.6 Å². The molecule has 0 spiro atoms. The fourth-order valence-electron chi connectivity index (χ4n) is 3.94. The van der Waals surface area contributed by atoms with Crippen LogP contribution in [0.5, 0.6) is 0 Å². The van der Waals surface area contributed by atoms with Crippen LogP contribution in [0.3, 0.4) is 0 Å². The van der Waals surface area contributed by atoms with Gasteiger partial charge in [-0.3, -0.25) is 4.79 Å². The first-order chi connectivity index (χ1) is 12.9.